The first-order valence-electron chi connectivity index (χ1n) is 10.4. The van der Waals surface area contributed by atoms with Crippen molar-refractivity contribution >= 4 is 29.0 Å². The number of fused-ring (bicyclic) bond motifs is 1. The number of aryl methyl sites for hydroxylation is 1. The van der Waals surface area contributed by atoms with Gasteiger partial charge in [-0.05, 0) is 48.9 Å². The van der Waals surface area contributed by atoms with Crippen LogP contribution in [0.4, 0.5) is 0 Å². The highest BCUT2D eigenvalue weighted by Gasteiger charge is 2.16. The lowest BCUT2D eigenvalue weighted by atomic mass is 10.1. The molecule has 164 valence electrons. The summed E-state index contributed by atoms with van der Waals surface area (Å²) in [6, 6.07) is 25.0. The summed E-state index contributed by atoms with van der Waals surface area (Å²) in [6.45, 7) is 1.90. The maximum absolute atomic E-state index is 12.6. The number of aromatic nitrogens is 5. The molecule has 3 aromatic heterocycles. The third-order valence-corrected chi connectivity index (χ3v) is 6.49. The van der Waals surface area contributed by atoms with Crippen molar-refractivity contribution in [3.8, 4) is 5.69 Å². The minimum Gasteiger partial charge on any atom is -0.274 e. The molecule has 2 aromatic carbocycles. The molecule has 3 heterocycles. The van der Waals surface area contributed by atoms with Crippen LogP contribution >= 0.6 is 23.4 Å². The fourth-order valence-corrected chi connectivity index (χ4v) is 4.70. The van der Waals surface area contributed by atoms with E-state index < -0.39 is 0 Å². The van der Waals surface area contributed by atoms with Crippen LogP contribution in [0.3, 0.4) is 0 Å². The molecule has 0 saturated carbocycles. The van der Waals surface area contributed by atoms with E-state index in [4.69, 9.17) is 11.6 Å². The molecular weight excluding hydrogens is 454 g/mol. The lowest BCUT2D eigenvalue weighted by molar-refractivity contribution is 0.847. The van der Waals surface area contributed by atoms with Crippen LogP contribution in [0.1, 0.15) is 22.8 Å². The summed E-state index contributed by atoms with van der Waals surface area (Å²) in [5.74, 6) is 1.32. The highest BCUT2D eigenvalue weighted by atomic mass is 35.5. The molecule has 0 fully saturated rings. The van der Waals surface area contributed by atoms with Crippen molar-refractivity contribution in [1.29, 1.82) is 0 Å². The lowest BCUT2D eigenvalue weighted by Crippen LogP contribution is -2.17. The van der Waals surface area contributed by atoms with Gasteiger partial charge in [0.25, 0.3) is 5.56 Å². The topological polar surface area (TPSA) is 65.1 Å². The molecule has 0 aliphatic carbocycles. The van der Waals surface area contributed by atoms with Gasteiger partial charge in [0.05, 0.1) is 5.69 Å². The van der Waals surface area contributed by atoms with Crippen molar-refractivity contribution in [1.82, 2.24) is 24.1 Å². The third-order valence-electron chi connectivity index (χ3n) is 5.27. The summed E-state index contributed by atoms with van der Waals surface area (Å²) in [5.41, 5.74) is 4.19. The van der Waals surface area contributed by atoms with Gasteiger partial charge in [-0.15, -0.1) is 10.2 Å². The minimum atomic E-state index is -0.0855. The standard InChI is InChI=1S/C25H20ClN5OS/c1-17-6-5-9-22-27-20(15-24(32)30(17)22)16-33-25-29-28-23(14-18-7-3-2-4-8-18)31(25)21-12-10-19(26)11-13-21/h2-13,15H,14,16H2,1H3. The summed E-state index contributed by atoms with van der Waals surface area (Å²) in [7, 11) is 0. The van der Waals surface area contributed by atoms with Crippen LogP contribution in [-0.2, 0) is 12.2 Å². The second-order valence-corrected chi connectivity index (χ2v) is 8.99. The van der Waals surface area contributed by atoms with E-state index in [0.717, 1.165) is 27.9 Å². The van der Waals surface area contributed by atoms with Crippen LogP contribution in [0, 0.1) is 6.92 Å². The summed E-state index contributed by atoms with van der Waals surface area (Å²) < 4.78 is 3.65. The molecule has 5 rings (SSSR count). The predicted octanol–water partition coefficient (Wildman–Crippen LogP) is 5.12. The first kappa shape index (κ1) is 21.4. The van der Waals surface area contributed by atoms with Crippen LogP contribution in [-0.4, -0.2) is 24.1 Å². The molecule has 0 aliphatic heterocycles. The maximum atomic E-state index is 12.6. The fourth-order valence-electron chi connectivity index (χ4n) is 3.71. The molecule has 0 saturated heterocycles. The van der Waals surface area contributed by atoms with Gasteiger partial charge in [-0.1, -0.05) is 59.8 Å². The molecule has 0 atom stereocenters. The van der Waals surface area contributed by atoms with Crippen LogP contribution in [0.25, 0.3) is 11.3 Å². The predicted molar refractivity (Wildman–Crippen MR) is 131 cm³/mol. The van der Waals surface area contributed by atoms with E-state index in [0.29, 0.717) is 28.5 Å². The lowest BCUT2D eigenvalue weighted by Gasteiger charge is -2.11. The molecule has 0 spiro atoms. The molecule has 0 unspecified atom stereocenters. The Balaban J connectivity index is 1.48. The van der Waals surface area contributed by atoms with Crippen molar-refractivity contribution in [2.75, 3.05) is 0 Å². The second-order valence-electron chi connectivity index (χ2n) is 7.61. The van der Waals surface area contributed by atoms with E-state index in [9.17, 15) is 4.79 Å². The highest BCUT2D eigenvalue weighted by molar-refractivity contribution is 7.98. The second kappa shape index (κ2) is 9.21. The first-order chi connectivity index (χ1) is 16.1. The quantitative estimate of drug-likeness (QED) is 0.320. The number of thioether (sulfide) groups is 1. The number of hydrogen-bond donors (Lipinski definition) is 0. The van der Waals surface area contributed by atoms with Crippen molar-refractivity contribution in [3.63, 3.8) is 0 Å². The Bertz CT molecular complexity index is 1480. The number of nitrogens with zero attached hydrogens (tertiary/aromatic N) is 5. The van der Waals surface area contributed by atoms with E-state index in [1.54, 1.807) is 10.5 Å². The van der Waals surface area contributed by atoms with Gasteiger partial charge >= 0.3 is 0 Å². The summed E-state index contributed by atoms with van der Waals surface area (Å²) in [5, 5.41) is 10.3. The summed E-state index contributed by atoms with van der Waals surface area (Å²) in [6.07, 6.45) is 0.645. The van der Waals surface area contributed by atoms with E-state index in [1.165, 1.54) is 11.8 Å². The Morgan fingerprint density at radius 2 is 1.73 bits per heavy atom. The van der Waals surface area contributed by atoms with Crippen molar-refractivity contribution in [2.45, 2.75) is 24.3 Å². The van der Waals surface area contributed by atoms with E-state index in [2.05, 4.69) is 27.3 Å². The van der Waals surface area contributed by atoms with Crippen LogP contribution in [0.2, 0.25) is 5.02 Å². The molecule has 0 aliphatic rings. The summed E-state index contributed by atoms with van der Waals surface area (Å²) in [4.78, 5) is 17.3. The number of benzene rings is 2. The highest BCUT2D eigenvalue weighted by Crippen LogP contribution is 2.26. The number of halogens is 1. The zero-order chi connectivity index (χ0) is 22.8. The van der Waals surface area contributed by atoms with Crippen molar-refractivity contribution < 1.29 is 0 Å². The van der Waals surface area contributed by atoms with E-state index >= 15 is 0 Å². The third kappa shape index (κ3) is 4.55. The Morgan fingerprint density at radius 1 is 0.939 bits per heavy atom. The molecule has 5 aromatic rings. The average Bonchev–Trinajstić information content (AvgIpc) is 3.21. The zero-order valence-corrected chi connectivity index (χ0v) is 19.4. The Morgan fingerprint density at radius 3 is 2.52 bits per heavy atom. The largest absolute Gasteiger partial charge is 0.274 e. The van der Waals surface area contributed by atoms with Gasteiger partial charge < -0.3 is 0 Å². The van der Waals surface area contributed by atoms with Gasteiger partial charge in [0.15, 0.2) is 5.16 Å². The molecule has 0 amide bonds. The van der Waals surface area contributed by atoms with Gasteiger partial charge in [0.1, 0.15) is 11.5 Å². The van der Waals surface area contributed by atoms with Crippen molar-refractivity contribution in [2.24, 2.45) is 0 Å². The van der Waals surface area contributed by atoms with Crippen LogP contribution in [0.15, 0.2) is 88.8 Å². The zero-order valence-electron chi connectivity index (χ0n) is 17.9. The smallest absolute Gasteiger partial charge is 0.258 e. The molecule has 0 bridgehead atoms. The first-order valence-corrected chi connectivity index (χ1v) is 11.8. The molecular formula is C25H20ClN5OS. The van der Waals surface area contributed by atoms with Crippen LogP contribution in [0.5, 0.6) is 0 Å². The Kier molecular flexibility index (Phi) is 5.98. The summed E-state index contributed by atoms with van der Waals surface area (Å²) >= 11 is 7.61. The minimum absolute atomic E-state index is 0.0855. The van der Waals surface area contributed by atoms with E-state index in [-0.39, 0.29) is 5.56 Å². The normalized spacial score (nSPS) is 11.2. The van der Waals surface area contributed by atoms with E-state index in [1.807, 2.05) is 72.2 Å². The fraction of sp³-hybridized carbons (Fsp3) is 0.120. The molecule has 8 heteroatoms. The Labute approximate surface area is 199 Å². The average molecular weight is 474 g/mol. The molecule has 0 N–H and O–H groups in total. The number of rotatable bonds is 6. The molecule has 33 heavy (non-hydrogen) atoms. The molecule has 0 radical (unpaired) electrons. The van der Waals surface area contributed by atoms with Crippen molar-refractivity contribution in [3.05, 3.63) is 117 Å². The Hall–Kier alpha value is -3.42. The van der Waals surface area contributed by atoms with Gasteiger partial charge in [-0.2, -0.15) is 0 Å². The monoisotopic (exact) mass is 473 g/mol. The van der Waals surface area contributed by atoms with Gasteiger partial charge in [-0.3, -0.25) is 13.8 Å². The van der Waals surface area contributed by atoms with Gasteiger partial charge in [0.2, 0.25) is 0 Å². The maximum Gasteiger partial charge on any atom is 0.258 e. The van der Waals surface area contributed by atoms with Gasteiger partial charge in [0, 0.05) is 34.6 Å². The number of pyridine rings is 1. The van der Waals surface area contributed by atoms with Crippen LogP contribution < -0.4 is 5.56 Å². The SMILES string of the molecule is Cc1cccc2nc(CSc3nnc(Cc4ccccc4)n3-c3ccc(Cl)cc3)cc(=O)n12. The number of hydrogen-bond acceptors (Lipinski definition) is 5. The van der Waals surface area contributed by atoms with Gasteiger partial charge in [-0.25, -0.2) is 4.98 Å². The molecule has 6 nitrogen and oxygen atoms in total.